The number of hydrogen-bond donors (Lipinski definition) is 1. The quantitative estimate of drug-likeness (QED) is 0.791. The number of morpholine rings is 1. The Labute approximate surface area is 151 Å². The normalized spacial score (nSPS) is 20.0. The van der Waals surface area contributed by atoms with Crippen molar-refractivity contribution in [2.75, 3.05) is 26.2 Å². The predicted molar refractivity (Wildman–Crippen MR) is 91.3 cm³/mol. The van der Waals surface area contributed by atoms with Gasteiger partial charge in [0.25, 0.3) is 11.8 Å². The lowest BCUT2D eigenvalue weighted by atomic mass is 10.2. The highest BCUT2D eigenvalue weighted by molar-refractivity contribution is 6.30. The molecule has 0 aliphatic carbocycles. The summed E-state index contributed by atoms with van der Waals surface area (Å²) in [6.07, 6.45) is -0.107. The Morgan fingerprint density at radius 3 is 2.40 bits per heavy atom. The van der Waals surface area contributed by atoms with Crippen LogP contribution in [-0.2, 0) is 19.1 Å². The molecule has 1 aliphatic heterocycles. The number of benzene rings is 1. The summed E-state index contributed by atoms with van der Waals surface area (Å²) in [5, 5.41) is 2.95. The van der Waals surface area contributed by atoms with Gasteiger partial charge >= 0.3 is 5.97 Å². The molecule has 0 aromatic heterocycles. The molecule has 25 heavy (non-hydrogen) atoms. The van der Waals surface area contributed by atoms with Crippen LogP contribution in [0, 0.1) is 0 Å². The number of carbonyl (C=O) groups is 3. The molecule has 0 radical (unpaired) electrons. The molecule has 136 valence electrons. The Kier molecular flexibility index (Phi) is 6.78. The van der Waals surface area contributed by atoms with Gasteiger partial charge in [0.05, 0.1) is 12.2 Å². The van der Waals surface area contributed by atoms with Crippen molar-refractivity contribution in [2.45, 2.75) is 26.1 Å². The number of rotatable bonds is 5. The monoisotopic (exact) mass is 368 g/mol. The lowest BCUT2D eigenvalue weighted by molar-refractivity contribution is -0.156. The summed E-state index contributed by atoms with van der Waals surface area (Å²) in [6.45, 7) is 4.03. The van der Waals surface area contributed by atoms with E-state index in [1.165, 1.54) is 0 Å². The molecule has 0 bridgehead atoms. The standard InChI is InChI=1S/C17H21ClN2O5/c1-11-8-20(9-12(2)25-11)15(21)10-24-16(22)7-19-17(23)13-3-5-14(18)6-4-13/h3-6,11-12H,7-10H2,1-2H3,(H,19,23)/t11-,12-/m1/s1. The Morgan fingerprint density at radius 1 is 1.20 bits per heavy atom. The summed E-state index contributed by atoms with van der Waals surface area (Å²) in [5.41, 5.74) is 0.379. The maximum atomic E-state index is 12.1. The van der Waals surface area contributed by atoms with E-state index in [1.807, 2.05) is 13.8 Å². The maximum absolute atomic E-state index is 12.1. The lowest BCUT2D eigenvalue weighted by Gasteiger charge is -2.35. The predicted octanol–water partition coefficient (Wildman–Crippen LogP) is 1.25. The molecule has 2 amide bonds. The van der Waals surface area contributed by atoms with Gasteiger partial charge in [-0.3, -0.25) is 14.4 Å². The summed E-state index contributed by atoms with van der Waals surface area (Å²) in [4.78, 5) is 37.3. The highest BCUT2D eigenvalue weighted by Crippen LogP contribution is 2.11. The SMILES string of the molecule is C[C@@H]1CN(C(=O)COC(=O)CNC(=O)c2ccc(Cl)cc2)C[C@@H](C)O1. The van der Waals surface area contributed by atoms with E-state index < -0.39 is 11.9 Å². The van der Waals surface area contributed by atoms with Crippen molar-refractivity contribution in [2.24, 2.45) is 0 Å². The fraction of sp³-hybridized carbons (Fsp3) is 0.471. The lowest BCUT2D eigenvalue weighted by Crippen LogP contribution is -2.49. The van der Waals surface area contributed by atoms with Crippen LogP contribution in [0.15, 0.2) is 24.3 Å². The molecule has 0 unspecified atom stereocenters. The van der Waals surface area contributed by atoms with E-state index in [0.29, 0.717) is 23.7 Å². The highest BCUT2D eigenvalue weighted by atomic mass is 35.5. The summed E-state index contributed by atoms with van der Waals surface area (Å²) in [5.74, 6) is -1.37. The van der Waals surface area contributed by atoms with Gasteiger partial charge in [-0.1, -0.05) is 11.6 Å². The van der Waals surface area contributed by atoms with Crippen molar-refractivity contribution >= 4 is 29.4 Å². The van der Waals surface area contributed by atoms with Gasteiger partial charge in [0.15, 0.2) is 6.61 Å². The van der Waals surface area contributed by atoms with Gasteiger partial charge in [0.1, 0.15) is 6.54 Å². The Morgan fingerprint density at radius 2 is 1.80 bits per heavy atom. The number of amides is 2. The third-order valence-electron chi connectivity index (χ3n) is 3.63. The molecule has 2 rings (SSSR count). The number of halogens is 1. The molecule has 2 atom stereocenters. The minimum atomic E-state index is -0.676. The van der Waals surface area contributed by atoms with E-state index in [1.54, 1.807) is 29.2 Å². The average Bonchev–Trinajstić information content (AvgIpc) is 2.57. The van der Waals surface area contributed by atoms with Crippen molar-refractivity contribution in [3.63, 3.8) is 0 Å². The smallest absolute Gasteiger partial charge is 0.325 e. The first kappa shape index (κ1) is 19.2. The van der Waals surface area contributed by atoms with Crippen LogP contribution in [0.4, 0.5) is 0 Å². The first-order valence-electron chi connectivity index (χ1n) is 7.97. The molecule has 1 fully saturated rings. The van der Waals surface area contributed by atoms with Crippen molar-refractivity contribution < 1.29 is 23.9 Å². The molecule has 0 spiro atoms. The van der Waals surface area contributed by atoms with Gasteiger partial charge < -0.3 is 19.7 Å². The van der Waals surface area contributed by atoms with Gasteiger partial charge in [0, 0.05) is 23.7 Å². The van der Waals surface area contributed by atoms with Crippen molar-refractivity contribution in [1.29, 1.82) is 0 Å². The molecular weight excluding hydrogens is 348 g/mol. The zero-order valence-corrected chi connectivity index (χ0v) is 14.9. The minimum Gasteiger partial charge on any atom is -0.454 e. The number of carbonyl (C=O) groups excluding carboxylic acids is 3. The van der Waals surface area contributed by atoms with Gasteiger partial charge in [-0.2, -0.15) is 0 Å². The average molecular weight is 369 g/mol. The number of ether oxygens (including phenoxy) is 2. The molecule has 7 nitrogen and oxygen atoms in total. The van der Waals surface area contributed by atoms with Crippen LogP contribution in [0.2, 0.25) is 5.02 Å². The van der Waals surface area contributed by atoms with Crippen LogP contribution in [0.1, 0.15) is 24.2 Å². The first-order valence-corrected chi connectivity index (χ1v) is 8.35. The van der Waals surface area contributed by atoms with Crippen LogP contribution < -0.4 is 5.32 Å². The Hall–Kier alpha value is -2.12. The first-order chi connectivity index (χ1) is 11.8. The zero-order valence-electron chi connectivity index (χ0n) is 14.2. The number of hydrogen-bond acceptors (Lipinski definition) is 5. The molecule has 1 saturated heterocycles. The van der Waals surface area contributed by atoms with Crippen LogP contribution in [0.5, 0.6) is 0 Å². The largest absolute Gasteiger partial charge is 0.454 e. The summed E-state index contributed by atoms with van der Waals surface area (Å²) in [6, 6.07) is 6.26. The fourth-order valence-electron chi connectivity index (χ4n) is 2.52. The zero-order chi connectivity index (χ0) is 18.4. The van der Waals surface area contributed by atoms with Crippen LogP contribution in [0.3, 0.4) is 0 Å². The van der Waals surface area contributed by atoms with Crippen molar-refractivity contribution in [1.82, 2.24) is 10.2 Å². The Balaban J connectivity index is 1.72. The molecule has 1 heterocycles. The van der Waals surface area contributed by atoms with Gasteiger partial charge in [-0.05, 0) is 38.1 Å². The van der Waals surface area contributed by atoms with Gasteiger partial charge in [0.2, 0.25) is 0 Å². The van der Waals surface area contributed by atoms with Crippen LogP contribution >= 0.6 is 11.6 Å². The van der Waals surface area contributed by atoms with E-state index in [9.17, 15) is 14.4 Å². The van der Waals surface area contributed by atoms with E-state index in [0.717, 1.165) is 0 Å². The molecule has 1 aromatic carbocycles. The third kappa shape index (κ3) is 6.03. The topological polar surface area (TPSA) is 84.9 Å². The second-order valence-electron chi connectivity index (χ2n) is 5.91. The van der Waals surface area contributed by atoms with E-state index >= 15 is 0 Å². The van der Waals surface area contributed by atoms with Gasteiger partial charge in [-0.25, -0.2) is 0 Å². The summed E-state index contributed by atoms with van der Waals surface area (Å²) < 4.78 is 10.5. The highest BCUT2D eigenvalue weighted by Gasteiger charge is 2.26. The maximum Gasteiger partial charge on any atom is 0.325 e. The number of nitrogens with zero attached hydrogens (tertiary/aromatic N) is 1. The van der Waals surface area contributed by atoms with E-state index in [2.05, 4.69) is 5.32 Å². The van der Waals surface area contributed by atoms with E-state index in [-0.39, 0.29) is 31.3 Å². The molecule has 1 aliphatic rings. The van der Waals surface area contributed by atoms with E-state index in [4.69, 9.17) is 21.1 Å². The van der Waals surface area contributed by atoms with Crippen LogP contribution in [-0.4, -0.2) is 61.1 Å². The van der Waals surface area contributed by atoms with Crippen molar-refractivity contribution in [3.8, 4) is 0 Å². The molecule has 8 heteroatoms. The molecular formula is C17H21ClN2O5. The second kappa shape index (κ2) is 8.82. The molecule has 1 N–H and O–H groups in total. The Bertz CT molecular complexity index is 624. The molecule has 0 saturated carbocycles. The molecule has 1 aromatic rings. The van der Waals surface area contributed by atoms with Gasteiger partial charge in [-0.15, -0.1) is 0 Å². The minimum absolute atomic E-state index is 0.0536. The number of esters is 1. The summed E-state index contributed by atoms with van der Waals surface area (Å²) in [7, 11) is 0. The number of nitrogens with one attached hydrogen (secondary N) is 1. The third-order valence-corrected chi connectivity index (χ3v) is 3.88. The fourth-order valence-corrected chi connectivity index (χ4v) is 2.65. The summed E-state index contributed by atoms with van der Waals surface area (Å²) >= 11 is 5.75. The van der Waals surface area contributed by atoms with Crippen LogP contribution in [0.25, 0.3) is 0 Å². The van der Waals surface area contributed by atoms with Crippen molar-refractivity contribution in [3.05, 3.63) is 34.9 Å². The second-order valence-corrected chi connectivity index (χ2v) is 6.34.